The summed E-state index contributed by atoms with van der Waals surface area (Å²) in [4.78, 5) is 2.46. The van der Waals surface area contributed by atoms with Crippen molar-refractivity contribution in [3.63, 3.8) is 0 Å². The molecule has 0 spiro atoms. The van der Waals surface area contributed by atoms with Gasteiger partial charge in [-0.2, -0.15) is 0 Å². The van der Waals surface area contributed by atoms with Gasteiger partial charge in [-0.1, -0.05) is 27.5 Å². The molecule has 2 rings (SSSR count). The molecule has 0 aromatic heterocycles. The molecule has 4 heteroatoms. The number of nitrogens with one attached hydrogen (secondary N) is 1. The van der Waals surface area contributed by atoms with E-state index in [1.165, 1.54) is 5.56 Å². The highest BCUT2D eigenvalue weighted by Gasteiger charge is 2.18. The van der Waals surface area contributed by atoms with Crippen molar-refractivity contribution in [1.82, 2.24) is 10.2 Å². The van der Waals surface area contributed by atoms with E-state index < -0.39 is 0 Å². The molecule has 0 amide bonds. The van der Waals surface area contributed by atoms with Crippen LogP contribution in [0.15, 0.2) is 22.7 Å². The summed E-state index contributed by atoms with van der Waals surface area (Å²) in [6, 6.07) is 6.61. The van der Waals surface area contributed by atoms with Gasteiger partial charge in [0, 0.05) is 41.7 Å². The maximum atomic E-state index is 6.20. The van der Waals surface area contributed by atoms with Crippen LogP contribution in [0.4, 0.5) is 0 Å². The molecule has 1 saturated heterocycles. The van der Waals surface area contributed by atoms with Crippen molar-refractivity contribution < 1.29 is 0 Å². The Balaban J connectivity index is 2.10. The van der Waals surface area contributed by atoms with E-state index >= 15 is 0 Å². The minimum absolute atomic E-state index is 0.573. The predicted octanol–water partition coefficient (Wildman–Crippen LogP) is 2.90. The zero-order chi connectivity index (χ0) is 11.5. The van der Waals surface area contributed by atoms with Gasteiger partial charge in [0.2, 0.25) is 0 Å². The van der Waals surface area contributed by atoms with Crippen LogP contribution in [0.3, 0.4) is 0 Å². The van der Waals surface area contributed by atoms with Crippen LogP contribution in [0.5, 0.6) is 0 Å². The first-order valence-corrected chi connectivity index (χ1v) is 6.72. The van der Waals surface area contributed by atoms with Crippen molar-refractivity contribution in [2.75, 3.05) is 19.6 Å². The molecule has 1 aromatic rings. The molecule has 1 aliphatic rings. The fraction of sp³-hybridized carbons (Fsp3) is 0.500. The smallest absolute Gasteiger partial charge is 0.0451 e. The van der Waals surface area contributed by atoms with Crippen molar-refractivity contribution in [2.24, 2.45) is 0 Å². The standard InChI is InChI=1S/C12H16BrClN2/c1-9-7-15-4-5-16(9)8-10-6-11(13)2-3-12(10)14/h2-3,6,9,15H,4-5,7-8H2,1H3/t9-/m0/s1. The number of rotatable bonds is 2. The Hall–Kier alpha value is -0.0900. The van der Waals surface area contributed by atoms with Gasteiger partial charge in [0.15, 0.2) is 0 Å². The fourth-order valence-corrected chi connectivity index (χ4v) is 2.59. The van der Waals surface area contributed by atoms with Gasteiger partial charge in [-0.25, -0.2) is 0 Å². The highest BCUT2D eigenvalue weighted by atomic mass is 79.9. The van der Waals surface area contributed by atoms with Crippen molar-refractivity contribution in [3.8, 4) is 0 Å². The second-order valence-electron chi connectivity index (χ2n) is 4.26. The Morgan fingerprint density at radius 2 is 2.38 bits per heavy atom. The van der Waals surface area contributed by atoms with Crippen molar-refractivity contribution in [2.45, 2.75) is 19.5 Å². The quantitative estimate of drug-likeness (QED) is 0.904. The van der Waals surface area contributed by atoms with E-state index in [1.807, 2.05) is 12.1 Å². The van der Waals surface area contributed by atoms with Gasteiger partial charge in [0.05, 0.1) is 0 Å². The van der Waals surface area contributed by atoms with Crippen LogP contribution in [0, 0.1) is 0 Å². The second kappa shape index (κ2) is 5.50. The molecule has 0 radical (unpaired) electrons. The average molecular weight is 304 g/mol. The molecule has 1 N–H and O–H groups in total. The highest BCUT2D eigenvalue weighted by Crippen LogP contribution is 2.23. The van der Waals surface area contributed by atoms with Crippen LogP contribution < -0.4 is 5.32 Å². The minimum Gasteiger partial charge on any atom is -0.314 e. The second-order valence-corrected chi connectivity index (χ2v) is 5.58. The maximum absolute atomic E-state index is 6.20. The van der Waals surface area contributed by atoms with Gasteiger partial charge in [0.25, 0.3) is 0 Å². The number of benzene rings is 1. The summed E-state index contributed by atoms with van der Waals surface area (Å²) < 4.78 is 1.09. The Morgan fingerprint density at radius 3 is 3.12 bits per heavy atom. The zero-order valence-electron chi connectivity index (χ0n) is 9.34. The van der Waals surface area contributed by atoms with E-state index in [2.05, 4.69) is 39.1 Å². The molecule has 16 heavy (non-hydrogen) atoms. The predicted molar refractivity (Wildman–Crippen MR) is 71.9 cm³/mol. The fourth-order valence-electron chi connectivity index (χ4n) is 2.00. The van der Waals surface area contributed by atoms with E-state index in [0.29, 0.717) is 6.04 Å². The normalized spacial score (nSPS) is 22.3. The molecule has 1 aromatic carbocycles. The summed E-state index contributed by atoms with van der Waals surface area (Å²) in [5.74, 6) is 0. The van der Waals surface area contributed by atoms with Crippen LogP contribution in [0.25, 0.3) is 0 Å². The van der Waals surface area contributed by atoms with Crippen LogP contribution in [0.2, 0.25) is 5.02 Å². The molecule has 1 atom stereocenters. The number of halogens is 2. The lowest BCUT2D eigenvalue weighted by Gasteiger charge is -2.34. The van der Waals surface area contributed by atoms with E-state index in [1.54, 1.807) is 0 Å². The first kappa shape index (κ1) is 12.4. The van der Waals surface area contributed by atoms with Crippen molar-refractivity contribution in [1.29, 1.82) is 0 Å². The summed E-state index contributed by atoms with van der Waals surface area (Å²) in [7, 11) is 0. The molecule has 0 saturated carbocycles. The lowest BCUT2D eigenvalue weighted by atomic mass is 10.1. The molecular weight excluding hydrogens is 288 g/mol. The summed E-state index contributed by atoms with van der Waals surface area (Å²) in [5, 5.41) is 4.25. The van der Waals surface area contributed by atoms with Gasteiger partial charge in [-0.15, -0.1) is 0 Å². The number of hydrogen-bond donors (Lipinski definition) is 1. The molecule has 88 valence electrons. The van der Waals surface area contributed by atoms with Gasteiger partial charge >= 0.3 is 0 Å². The maximum Gasteiger partial charge on any atom is 0.0451 e. The molecule has 1 fully saturated rings. The SMILES string of the molecule is C[C@H]1CNCCN1Cc1cc(Br)ccc1Cl. The van der Waals surface area contributed by atoms with Gasteiger partial charge < -0.3 is 5.32 Å². The Morgan fingerprint density at radius 1 is 1.56 bits per heavy atom. The van der Waals surface area contributed by atoms with Crippen molar-refractivity contribution in [3.05, 3.63) is 33.3 Å². The average Bonchev–Trinajstić information content (AvgIpc) is 2.27. The third-order valence-corrected chi connectivity index (χ3v) is 3.88. The lowest BCUT2D eigenvalue weighted by Crippen LogP contribution is -2.49. The largest absolute Gasteiger partial charge is 0.314 e. The molecule has 1 aliphatic heterocycles. The highest BCUT2D eigenvalue weighted by molar-refractivity contribution is 9.10. The minimum atomic E-state index is 0.573. The zero-order valence-corrected chi connectivity index (χ0v) is 11.7. The Kier molecular flexibility index (Phi) is 4.25. The summed E-state index contributed by atoms with van der Waals surface area (Å²) in [6.45, 7) is 6.39. The molecule has 0 bridgehead atoms. The summed E-state index contributed by atoms with van der Waals surface area (Å²) in [6.07, 6.45) is 0. The van der Waals surface area contributed by atoms with E-state index in [9.17, 15) is 0 Å². The van der Waals surface area contributed by atoms with E-state index in [-0.39, 0.29) is 0 Å². The first-order valence-electron chi connectivity index (χ1n) is 5.55. The van der Waals surface area contributed by atoms with E-state index in [4.69, 9.17) is 11.6 Å². The first-order chi connectivity index (χ1) is 7.66. The number of piperazine rings is 1. The van der Waals surface area contributed by atoms with Crippen LogP contribution in [0.1, 0.15) is 12.5 Å². The third-order valence-electron chi connectivity index (χ3n) is 3.02. The molecule has 0 aliphatic carbocycles. The van der Waals surface area contributed by atoms with Crippen LogP contribution in [-0.2, 0) is 6.54 Å². The van der Waals surface area contributed by atoms with Gasteiger partial charge in [-0.3, -0.25) is 4.90 Å². The molecule has 0 unspecified atom stereocenters. The summed E-state index contributed by atoms with van der Waals surface area (Å²) >= 11 is 9.69. The molecule has 2 nitrogen and oxygen atoms in total. The van der Waals surface area contributed by atoms with Gasteiger partial charge in [0.1, 0.15) is 0 Å². The van der Waals surface area contributed by atoms with E-state index in [0.717, 1.165) is 35.7 Å². The topological polar surface area (TPSA) is 15.3 Å². The summed E-state index contributed by atoms with van der Waals surface area (Å²) in [5.41, 5.74) is 1.20. The van der Waals surface area contributed by atoms with Gasteiger partial charge in [-0.05, 0) is 30.7 Å². The van der Waals surface area contributed by atoms with Crippen LogP contribution in [-0.4, -0.2) is 30.6 Å². The lowest BCUT2D eigenvalue weighted by molar-refractivity contribution is 0.165. The third kappa shape index (κ3) is 2.98. The molecular formula is C12H16BrClN2. The molecule has 1 heterocycles. The number of hydrogen-bond acceptors (Lipinski definition) is 2. The van der Waals surface area contributed by atoms with Crippen molar-refractivity contribution >= 4 is 27.5 Å². The Bertz CT molecular complexity index is 370. The van der Waals surface area contributed by atoms with Crippen LogP contribution >= 0.6 is 27.5 Å². The monoisotopic (exact) mass is 302 g/mol. The Labute approximate surface area is 110 Å². The number of nitrogens with zero attached hydrogens (tertiary/aromatic N) is 1.